The topological polar surface area (TPSA) is 76.8 Å². The molecule has 0 radical (unpaired) electrons. The number of benzene rings is 3. The highest BCUT2D eigenvalue weighted by Crippen LogP contribution is 2.34. The molecule has 0 amide bonds. The summed E-state index contributed by atoms with van der Waals surface area (Å²) in [4.78, 5) is 18.6. The van der Waals surface area contributed by atoms with Gasteiger partial charge in [0.15, 0.2) is 16.7 Å². The van der Waals surface area contributed by atoms with Gasteiger partial charge in [-0.1, -0.05) is 73.5 Å². The first-order chi connectivity index (χ1) is 19.4. The predicted octanol–water partition coefficient (Wildman–Crippen LogP) is 7.24. The van der Waals surface area contributed by atoms with Gasteiger partial charge in [-0.3, -0.25) is 4.90 Å². The summed E-state index contributed by atoms with van der Waals surface area (Å²) in [7, 11) is 0. The molecule has 1 atom stereocenters. The van der Waals surface area contributed by atoms with E-state index in [2.05, 4.69) is 41.5 Å². The molecule has 1 N–H and O–H groups in total. The van der Waals surface area contributed by atoms with Crippen molar-refractivity contribution in [3.63, 3.8) is 0 Å². The van der Waals surface area contributed by atoms with Crippen LogP contribution in [0.3, 0.4) is 0 Å². The third-order valence-electron chi connectivity index (χ3n) is 7.32. The molecule has 0 aliphatic carbocycles. The van der Waals surface area contributed by atoms with Crippen molar-refractivity contribution in [2.24, 2.45) is 0 Å². The Bertz CT molecular complexity index is 1450. The zero-order valence-corrected chi connectivity index (χ0v) is 23.6. The fourth-order valence-corrected chi connectivity index (χ4v) is 5.27. The van der Waals surface area contributed by atoms with Crippen LogP contribution in [0.1, 0.15) is 59.9 Å². The van der Waals surface area contributed by atoms with Crippen LogP contribution in [-0.4, -0.2) is 38.7 Å². The van der Waals surface area contributed by atoms with E-state index < -0.39 is 5.97 Å². The highest BCUT2D eigenvalue weighted by molar-refractivity contribution is 6.30. The lowest BCUT2D eigenvalue weighted by Crippen LogP contribution is -2.28. The molecule has 7 nitrogen and oxygen atoms in total. The van der Waals surface area contributed by atoms with Crippen LogP contribution in [0.5, 0.6) is 11.5 Å². The van der Waals surface area contributed by atoms with Gasteiger partial charge in [-0.05, 0) is 48.7 Å². The number of unbranched alkanes of at least 4 members (excludes halogenated alkanes) is 1. The summed E-state index contributed by atoms with van der Waals surface area (Å²) in [5.74, 6) is 1.44. The number of carbonyl (C=O) groups is 1. The molecule has 40 heavy (non-hydrogen) atoms. The van der Waals surface area contributed by atoms with Crippen molar-refractivity contribution in [3.05, 3.63) is 100 Å². The molecule has 0 bridgehead atoms. The lowest BCUT2D eigenvalue weighted by Gasteiger charge is -2.31. The highest BCUT2D eigenvalue weighted by atomic mass is 35.5. The average Bonchev–Trinajstić information content (AvgIpc) is 3.30. The van der Waals surface area contributed by atoms with E-state index in [0.29, 0.717) is 31.5 Å². The van der Waals surface area contributed by atoms with Crippen LogP contribution in [-0.2, 0) is 19.6 Å². The Morgan fingerprint density at radius 1 is 1.02 bits per heavy atom. The van der Waals surface area contributed by atoms with Gasteiger partial charge in [-0.25, -0.2) is 9.78 Å². The fourth-order valence-electron chi connectivity index (χ4n) is 5.03. The molecule has 0 spiro atoms. The van der Waals surface area contributed by atoms with Gasteiger partial charge in [0, 0.05) is 31.2 Å². The van der Waals surface area contributed by atoms with Gasteiger partial charge < -0.3 is 19.1 Å². The van der Waals surface area contributed by atoms with Gasteiger partial charge >= 0.3 is 5.97 Å². The lowest BCUT2D eigenvalue weighted by molar-refractivity contribution is 0.0697. The Morgan fingerprint density at radius 2 is 1.75 bits per heavy atom. The molecular formula is C32H34ClN3O4. The lowest BCUT2D eigenvalue weighted by atomic mass is 10.0. The maximum Gasteiger partial charge on any atom is 0.335 e. The molecule has 1 aromatic heterocycles. The molecular weight excluding hydrogens is 526 g/mol. The Balaban J connectivity index is 1.52. The summed E-state index contributed by atoms with van der Waals surface area (Å²) in [6, 6.07) is 23.2. The maximum atomic E-state index is 11.4. The molecule has 3 aromatic carbocycles. The molecule has 0 saturated carbocycles. The second-order valence-corrected chi connectivity index (χ2v) is 10.4. The molecule has 208 valence electrons. The molecule has 1 unspecified atom stereocenters. The molecule has 0 fully saturated rings. The number of fused-ring (bicyclic) bond motifs is 1. The van der Waals surface area contributed by atoms with E-state index >= 15 is 0 Å². The second-order valence-electron chi connectivity index (χ2n) is 10.0. The molecule has 1 aliphatic rings. The minimum atomic E-state index is -0.938. The van der Waals surface area contributed by atoms with Crippen molar-refractivity contribution in [1.29, 1.82) is 0 Å². The van der Waals surface area contributed by atoms with Gasteiger partial charge in [0.25, 0.3) is 0 Å². The maximum absolute atomic E-state index is 11.4. The smallest absolute Gasteiger partial charge is 0.335 e. The van der Waals surface area contributed by atoms with Crippen LogP contribution in [0, 0.1) is 0 Å². The van der Waals surface area contributed by atoms with Crippen molar-refractivity contribution in [2.45, 2.75) is 52.4 Å². The summed E-state index contributed by atoms with van der Waals surface area (Å²) in [6.07, 6.45) is 2.06. The number of aromatic nitrogens is 2. The van der Waals surface area contributed by atoms with E-state index in [1.165, 1.54) is 0 Å². The highest BCUT2D eigenvalue weighted by Gasteiger charge is 2.24. The monoisotopic (exact) mass is 559 g/mol. The van der Waals surface area contributed by atoms with E-state index in [0.717, 1.165) is 59.1 Å². The molecule has 2 heterocycles. The van der Waals surface area contributed by atoms with E-state index in [4.69, 9.17) is 26.1 Å². The molecule has 8 heteroatoms. The largest absolute Gasteiger partial charge is 0.486 e. The number of carboxylic acids is 1. The Kier molecular flexibility index (Phi) is 8.72. The number of hydrogen-bond acceptors (Lipinski definition) is 5. The molecule has 5 rings (SSSR count). The molecule has 0 saturated heterocycles. The van der Waals surface area contributed by atoms with E-state index in [9.17, 15) is 9.90 Å². The van der Waals surface area contributed by atoms with Crippen LogP contribution in [0.4, 0.5) is 0 Å². The quantitative estimate of drug-likeness (QED) is 0.209. The number of hydrogen-bond donors (Lipinski definition) is 1. The molecule has 1 aliphatic heterocycles. The third kappa shape index (κ3) is 6.16. The Hall–Kier alpha value is -3.81. The summed E-state index contributed by atoms with van der Waals surface area (Å²) in [6.45, 7) is 7.37. The van der Waals surface area contributed by atoms with Gasteiger partial charge in [0.1, 0.15) is 19.0 Å². The van der Waals surface area contributed by atoms with Crippen molar-refractivity contribution >= 4 is 17.6 Å². The number of aromatic carboxylic acids is 1. The molecule has 4 aromatic rings. The standard InChI is InChI=1S/C32H34ClN3O4/c1-3-4-16-36-27(30(33)34-31(36)25-8-6-5-7-9-25)21-35(22(2)24-11-13-26(14-12-24)32(37)38)20-23-10-15-28-29(19-23)40-18-17-39-28/h5-15,19,22H,3-4,16-18,20-21H2,1-2H3,(H,37,38). The predicted molar refractivity (Wildman–Crippen MR) is 156 cm³/mol. The first-order valence-electron chi connectivity index (χ1n) is 13.7. The average molecular weight is 560 g/mol. The zero-order chi connectivity index (χ0) is 28.1. The number of ether oxygens (including phenoxy) is 2. The third-order valence-corrected chi connectivity index (χ3v) is 7.63. The summed E-state index contributed by atoms with van der Waals surface area (Å²) >= 11 is 6.87. The van der Waals surface area contributed by atoms with Gasteiger partial charge in [0.2, 0.25) is 0 Å². The van der Waals surface area contributed by atoms with E-state index in [1.54, 1.807) is 12.1 Å². The summed E-state index contributed by atoms with van der Waals surface area (Å²) < 4.78 is 13.8. The first kappa shape index (κ1) is 27.7. The van der Waals surface area contributed by atoms with Crippen molar-refractivity contribution in [3.8, 4) is 22.9 Å². The van der Waals surface area contributed by atoms with E-state index in [1.807, 2.05) is 42.5 Å². The minimum absolute atomic E-state index is 0.0400. The zero-order valence-electron chi connectivity index (χ0n) is 22.8. The first-order valence-corrected chi connectivity index (χ1v) is 14.1. The van der Waals surface area contributed by atoms with Crippen molar-refractivity contribution in [1.82, 2.24) is 14.5 Å². The Morgan fingerprint density at radius 3 is 2.45 bits per heavy atom. The van der Waals surface area contributed by atoms with Crippen LogP contribution in [0.25, 0.3) is 11.4 Å². The van der Waals surface area contributed by atoms with Gasteiger partial charge in [-0.15, -0.1) is 0 Å². The van der Waals surface area contributed by atoms with E-state index in [-0.39, 0.29) is 11.6 Å². The number of imidazole rings is 1. The van der Waals surface area contributed by atoms with Crippen LogP contribution < -0.4 is 9.47 Å². The Labute approximate surface area is 239 Å². The summed E-state index contributed by atoms with van der Waals surface area (Å²) in [5.41, 5.74) is 4.35. The van der Waals surface area contributed by atoms with Crippen molar-refractivity contribution < 1.29 is 19.4 Å². The fraction of sp³-hybridized carbons (Fsp3) is 0.312. The minimum Gasteiger partial charge on any atom is -0.486 e. The van der Waals surface area contributed by atoms with Crippen LogP contribution >= 0.6 is 11.6 Å². The van der Waals surface area contributed by atoms with Gasteiger partial charge in [-0.2, -0.15) is 0 Å². The number of nitrogens with zero attached hydrogens (tertiary/aromatic N) is 3. The number of rotatable bonds is 11. The van der Waals surface area contributed by atoms with Crippen LogP contribution in [0.2, 0.25) is 5.15 Å². The van der Waals surface area contributed by atoms with Crippen molar-refractivity contribution in [2.75, 3.05) is 13.2 Å². The SMILES string of the molecule is CCCCn1c(-c2ccccc2)nc(Cl)c1CN(Cc1ccc2c(c1)OCCO2)C(C)c1ccc(C(=O)O)cc1. The van der Waals surface area contributed by atoms with Crippen LogP contribution in [0.15, 0.2) is 72.8 Å². The van der Waals surface area contributed by atoms with Gasteiger partial charge in [0.05, 0.1) is 11.3 Å². The second kappa shape index (κ2) is 12.6. The number of carboxylic acid groups (broad SMARTS) is 1. The normalized spacial score (nSPS) is 13.4. The number of halogens is 1. The summed E-state index contributed by atoms with van der Waals surface area (Å²) in [5, 5.41) is 9.88.